The SMILES string of the molecule is NC(=O)[C@H]1CC[C@@H](n2c(Nc3c(Cl)cc(Cl)cc3Cl)nc3cnc(NC4CCC[C@@H](O)C4)nc32)CC1. The van der Waals surface area contributed by atoms with Crippen molar-refractivity contribution in [1.82, 2.24) is 19.5 Å². The first-order valence-corrected chi connectivity index (χ1v) is 13.3. The molecule has 1 amide bonds. The highest BCUT2D eigenvalue weighted by Gasteiger charge is 2.30. The number of carbonyl (C=O) groups is 1. The lowest BCUT2D eigenvalue weighted by Gasteiger charge is -2.29. The minimum absolute atomic E-state index is 0.0391. The molecule has 2 aliphatic carbocycles. The van der Waals surface area contributed by atoms with Gasteiger partial charge in [-0.3, -0.25) is 9.36 Å². The van der Waals surface area contributed by atoms with E-state index in [-0.39, 0.29) is 30.0 Å². The standard InChI is InChI=1S/C24H28Cl3N7O2/c25-13-8-17(26)20(18(27)9-13)32-24-31-19-11-29-23(30-14-2-1-3-16(35)10-14)33-22(19)34(24)15-6-4-12(5-7-15)21(28)36/h8-9,11-12,14-16,35H,1-7,10H2,(H2,28,36)(H,31,32)(H,29,30,33)/t12-,14?,15+,16-/m1/s1. The van der Waals surface area contributed by atoms with Gasteiger partial charge in [-0.2, -0.15) is 4.98 Å². The number of hydrogen-bond acceptors (Lipinski definition) is 7. The number of imidazole rings is 1. The van der Waals surface area contributed by atoms with Gasteiger partial charge in [0.25, 0.3) is 0 Å². The second-order valence-electron chi connectivity index (χ2n) is 9.65. The number of primary amides is 1. The molecule has 0 bridgehead atoms. The van der Waals surface area contributed by atoms with Crippen molar-refractivity contribution in [3.8, 4) is 0 Å². The third-order valence-corrected chi connectivity index (χ3v) is 7.93. The van der Waals surface area contributed by atoms with Gasteiger partial charge in [0.1, 0.15) is 5.52 Å². The minimum Gasteiger partial charge on any atom is -0.393 e. The highest BCUT2D eigenvalue weighted by atomic mass is 35.5. The molecule has 0 aliphatic heterocycles. The zero-order valence-corrected chi connectivity index (χ0v) is 21.8. The molecule has 5 N–H and O–H groups in total. The van der Waals surface area contributed by atoms with Crippen LogP contribution in [-0.4, -0.2) is 42.7 Å². The summed E-state index contributed by atoms with van der Waals surface area (Å²) in [6.07, 6.45) is 7.65. The number of amides is 1. The lowest BCUT2D eigenvalue weighted by Crippen LogP contribution is -2.30. The maximum atomic E-state index is 11.7. The molecule has 192 valence electrons. The minimum atomic E-state index is -0.310. The van der Waals surface area contributed by atoms with E-state index in [1.54, 1.807) is 18.3 Å². The van der Waals surface area contributed by atoms with Crippen LogP contribution in [0.2, 0.25) is 15.1 Å². The van der Waals surface area contributed by atoms with Crippen molar-refractivity contribution >= 4 is 69.5 Å². The van der Waals surface area contributed by atoms with E-state index < -0.39 is 0 Å². The van der Waals surface area contributed by atoms with E-state index in [1.807, 2.05) is 4.57 Å². The first-order chi connectivity index (χ1) is 17.3. The van der Waals surface area contributed by atoms with Crippen molar-refractivity contribution in [2.45, 2.75) is 69.6 Å². The van der Waals surface area contributed by atoms with Gasteiger partial charge in [-0.15, -0.1) is 0 Å². The first kappa shape index (κ1) is 25.3. The highest BCUT2D eigenvalue weighted by Crippen LogP contribution is 2.40. The molecule has 3 aromatic rings. The Balaban J connectivity index is 1.51. The van der Waals surface area contributed by atoms with Crippen LogP contribution in [0.15, 0.2) is 18.3 Å². The Kier molecular flexibility index (Phi) is 7.44. The number of halogens is 3. The monoisotopic (exact) mass is 551 g/mol. The fourth-order valence-corrected chi connectivity index (χ4v) is 6.18. The number of anilines is 3. The summed E-state index contributed by atoms with van der Waals surface area (Å²) in [4.78, 5) is 25.8. The summed E-state index contributed by atoms with van der Waals surface area (Å²) >= 11 is 19.0. The van der Waals surface area contributed by atoms with Gasteiger partial charge in [-0.05, 0) is 63.5 Å². The Hall–Kier alpha value is -2.33. The number of nitrogens with one attached hydrogen (secondary N) is 2. The van der Waals surface area contributed by atoms with Crippen LogP contribution in [0.3, 0.4) is 0 Å². The Morgan fingerprint density at radius 1 is 1.06 bits per heavy atom. The maximum Gasteiger partial charge on any atom is 0.224 e. The molecule has 0 spiro atoms. The second kappa shape index (κ2) is 10.6. The largest absolute Gasteiger partial charge is 0.393 e. The molecule has 2 aliphatic rings. The van der Waals surface area contributed by atoms with Gasteiger partial charge in [0, 0.05) is 23.0 Å². The lowest BCUT2D eigenvalue weighted by molar-refractivity contribution is -0.122. The third kappa shape index (κ3) is 5.34. The average molecular weight is 553 g/mol. The molecule has 1 unspecified atom stereocenters. The lowest BCUT2D eigenvalue weighted by atomic mass is 9.85. The zero-order chi connectivity index (χ0) is 25.4. The number of nitrogens with zero attached hydrogens (tertiary/aromatic N) is 4. The van der Waals surface area contributed by atoms with Gasteiger partial charge in [0.05, 0.1) is 28.0 Å². The smallest absolute Gasteiger partial charge is 0.224 e. The number of nitrogens with two attached hydrogens (primary N) is 1. The second-order valence-corrected chi connectivity index (χ2v) is 10.9. The van der Waals surface area contributed by atoms with E-state index in [0.717, 1.165) is 32.1 Å². The molecule has 2 aromatic heterocycles. The normalized spacial score (nSPS) is 24.6. The van der Waals surface area contributed by atoms with Crippen LogP contribution in [0, 0.1) is 5.92 Å². The number of benzene rings is 1. The molecule has 9 nitrogen and oxygen atoms in total. The number of aromatic nitrogens is 4. The third-order valence-electron chi connectivity index (χ3n) is 7.12. The predicted octanol–water partition coefficient (Wildman–Crippen LogP) is 5.46. The van der Waals surface area contributed by atoms with Crippen LogP contribution >= 0.6 is 34.8 Å². The van der Waals surface area contributed by atoms with E-state index in [9.17, 15) is 9.90 Å². The zero-order valence-electron chi connectivity index (χ0n) is 19.6. The summed E-state index contributed by atoms with van der Waals surface area (Å²) in [5.74, 6) is 0.628. The molecule has 2 saturated carbocycles. The molecular formula is C24H28Cl3N7O2. The summed E-state index contributed by atoms with van der Waals surface area (Å²) in [5, 5.41) is 17.9. The van der Waals surface area contributed by atoms with Gasteiger partial charge >= 0.3 is 0 Å². The molecule has 2 heterocycles. The number of aliphatic hydroxyl groups excluding tert-OH is 1. The van der Waals surface area contributed by atoms with Crippen molar-refractivity contribution in [1.29, 1.82) is 0 Å². The number of carbonyl (C=O) groups excluding carboxylic acids is 1. The van der Waals surface area contributed by atoms with E-state index >= 15 is 0 Å². The summed E-state index contributed by atoms with van der Waals surface area (Å²) in [7, 11) is 0. The Morgan fingerprint density at radius 2 is 1.78 bits per heavy atom. The quantitative estimate of drug-likeness (QED) is 0.319. The summed E-state index contributed by atoms with van der Waals surface area (Å²) in [6, 6.07) is 3.38. The topological polar surface area (TPSA) is 131 Å². The Bertz CT molecular complexity index is 1250. The van der Waals surface area contributed by atoms with Crippen LogP contribution in [-0.2, 0) is 4.79 Å². The van der Waals surface area contributed by atoms with Crippen LogP contribution in [0.5, 0.6) is 0 Å². The van der Waals surface area contributed by atoms with Gasteiger partial charge in [0.2, 0.25) is 17.8 Å². The summed E-state index contributed by atoms with van der Waals surface area (Å²) in [5.41, 5.74) is 7.33. The number of fused-ring (bicyclic) bond motifs is 1. The highest BCUT2D eigenvalue weighted by molar-refractivity contribution is 6.41. The van der Waals surface area contributed by atoms with Crippen LogP contribution in [0.25, 0.3) is 11.2 Å². The van der Waals surface area contributed by atoms with Crippen molar-refractivity contribution in [2.75, 3.05) is 10.6 Å². The van der Waals surface area contributed by atoms with Crippen LogP contribution in [0.1, 0.15) is 57.4 Å². The van der Waals surface area contributed by atoms with E-state index in [4.69, 9.17) is 50.5 Å². The van der Waals surface area contributed by atoms with E-state index in [1.165, 1.54) is 0 Å². The molecule has 2 atom stereocenters. The molecular weight excluding hydrogens is 525 g/mol. The average Bonchev–Trinajstić information content (AvgIpc) is 3.18. The van der Waals surface area contributed by atoms with Gasteiger partial charge in [-0.25, -0.2) is 9.97 Å². The van der Waals surface area contributed by atoms with Crippen molar-refractivity contribution in [2.24, 2.45) is 11.7 Å². The molecule has 1 aromatic carbocycles. The van der Waals surface area contributed by atoms with Crippen molar-refractivity contribution in [3.63, 3.8) is 0 Å². The molecule has 36 heavy (non-hydrogen) atoms. The predicted molar refractivity (Wildman–Crippen MR) is 142 cm³/mol. The van der Waals surface area contributed by atoms with E-state index in [0.29, 0.717) is 63.1 Å². The number of aliphatic hydroxyl groups is 1. The van der Waals surface area contributed by atoms with Crippen LogP contribution in [0.4, 0.5) is 17.6 Å². The molecule has 12 heteroatoms. The number of hydrogen-bond donors (Lipinski definition) is 4. The van der Waals surface area contributed by atoms with Gasteiger partial charge < -0.3 is 21.5 Å². The first-order valence-electron chi connectivity index (χ1n) is 12.2. The van der Waals surface area contributed by atoms with E-state index in [2.05, 4.69) is 15.6 Å². The fraction of sp³-hybridized carbons (Fsp3) is 0.500. The van der Waals surface area contributed by atoms with Gasteiger partial charge in [-0.1, -0.05) is 34.8 Å². The van der Waals surface area contributed by atoms with Crippen molar-refractivity contribution < 1.29 is 9.90 Å². The maximum absolute atomic E-state index is 11.7. The Labute approximate surface area is 223 Å². The van der Waals surface area contributed by atoms with Crippen LogP contribution < -0.4 is 16.4 Å². The molecule has 5 rings (SSSR count). The van der Waals surface area contributed by atoms with Crippen molar-refractivity contribution in [3.05, 3.63) is 33.4 Å². The fourth-order valence-electron chi connectivity index (χ4n) is 5.26. The Morgan fingerprint density at radius 3 is 2.44 bits per heavy atom. The molecule has 0 saturated heterocycles. The number of rotatable bonds is 6. The molecule has 2 fully saturated rings. The van der Waals surface area contributed by atoms with Gasteiger partial charge in [0.15, 0.2) is 5.65 Å². The summed E-state index contributed by atoms with van der Waals surface area (Å²) in [6.45, 7) is 0. The summed E-state index contributed by atoms with van der Waals surface area (Å²) < 4.78 is 2.04. The molecule has 0 radical (unpaired) electrons.